The highest BCUT2D eigenvalue weighted by molar-refractivity contribution is 5.82. The van der Waals surface area contributed by atoms with E-state index in [1.165, 1.54) is 11.1 Å². The summed E-state index contributed by atoms with van der Waals surface area (Å²) in [7, 11) is 0. The molecule has 2 atom stereocenters. The first kappa shape index (κ1) is 18.1. The number of nitrogens with two attached hydrogens (primary N) is 1. The number of ether oxygens (including phenoxy) is 1. The highest BCUT2D eigenvalue weighted by Crippen LogP contribution is 2.25. The molecule has 6 nitrogen and oxygen atoms in total. The van der Waals surface area contributed by atoms with Gasteiger partial charge in [0.25, 0.3) is 0 Å². The van der Waals surface area contributed by atoms with Crippen molar-refractivity contribution in [2.45, 2.75) is 38.1 Å². The van der Waals surface area contributed by atoms with E-state index in [0.717, 1.165) is 23.4 Å². The lowest BCUT2D eigenvalue weighted by molar-refractivity contribution is -0.137. The quantitative estimate of drug-likeness (QED) is 0.641. The number of hydrogen-bond donors (Lipinski definition) is 1. The van der Waals surface area contributed by atoms with E-state index in [4.69, 9.17) is 10.5 Å². The van der Waals surface area contributed by atoms with Crippen molar-refractivity contribution >= 4 is 5.91 Å². The Kier molecular flexibility index (Phi) is 4.66. The van der Waals surface area contributed by atoms with Gasteiger partial charge in [-0.1, -0.05) is 36.4 Å². The maximum atomic E-state index is 13.2. The molecule has 1 amide bonds. The molecule has 2 N–H and O–H groups in total. The van der Waals surface area contributed by atoms with Crippen LogP contribution in [0.2, 0.25) is 0 Å². The molecule has 4 bridgehead atoms. The summed E-state index contributed by atoms with van der Waals surface area (Å²) < 4.78 is 8.02. The molecule has 0 saturated heterocycles. The van der Waals surface area contributed by atoms with Crippen LogP contribution < -0.4 is 5.73 Å². The molecule has 6 heteroatoms. The van der Waals surface area contributed by atoms with Gasteiger partial charge in [0.2, 0.25) is 5.91 Å². The first-order valence-corrected chi connectivity index (χ1v) is 10.00. The van der Waals surface area contributed by atoms with Gasteiger partial charge in [0.05, 0.1) is 37.3 Å². The monoisotopic (exact) mass is 388 g/mol. The Hall–Kier alpha value is -2.96. The fraction of sp³-hybridized carbons (Fsp3) is 0.304. The topological polar surface area (TPSA) is 73.4 Å². The van der Waals surface area contributed by atoms with E-state index < -0.39 is 6.04 Å². The molecule has 0 aliphatic carbocycles. The number of aromatic nitrogens is 2. The van der Waals surface area contributed by atoms with E-state index in [2.05, 4.69) is 29.2 Å². The molecule has 2 aliphatic heterocycles. The van der Waals surface area contributed by atoms with Crippen LogP contribution in [-0.4, -0.2) is 39.0 Å². The lowest BCUT2D eigenvalue weighted by Gasteiger charge is -2.38. The van der Waals surface area contributed by atoms with Crippen LogP contribution in [0.3, 0.4) is 0 Å². The Labute approximate surface area is 169 Å². The van der Waals surface area contributed by atoms with Gasteiger partial charge in [-0.3, -0.25) is 4.79 Å². The van der Waals surface area contributed by atoms with Crippen LogP contribution in [0.4, 0.5) is 0 Å². The molecule has 0 unspecified atom stereocenters. The summed E-state index contributed by atoms with van der Waals surface area (Å²) >= 11 is 0. The highest BCUT2D eigenvalue weighted by atomic mass is 16.5. The first-order chi connectivity index (χ1) is 14.2. The van der Waals surface area contributed by atoms with Gasteiger partial charge in [-0.15, -0.1) is 0 Å². The van der Waals surface area contributed by atoms with Crippen molar-refractivity contribution in [2.24, 2.45) is 5.73 Å². The number of imidazole rings is 1. The van der Waals surface area contributed by atoms with Gasteiger partial charge in [0.1, 0.15) is 0 Å². The van der Waals surface area contributed by atoms with Gasteiger partial charge < -0.3 is 19.9 Å². The standard InChI is InChI=1S/C23H24N4O2/c24-22-10-19-12-26(15-25-19)20-7-3-4-16(8-20)13-29-14-21-9-17-5-1-2-6-18(17)11-27(21)23(22)28/h1-8,12,15,21-22H,9-11,13-14,24H2/t21-,22-/m0/s1. The van der Waals surface area contributed by atoms with Crippen LogP contribution >= 0.6 is 0 Å². The largest absolute Gasteiger partial charge is 0.375 e. The van der Waals surface area contributed by atoms with Crippen LogP contribution in [0.15, 0.2) is 61.1 Å². The summed E-state index contributed by atoms with van der Waals surface area (Å²) in [5.41, 5.74) is 11.7. The van der Waals surface area contributed by atoms with E-state index >= 15 is 0 Å². The zero-order valence-electron chi connectivity index (χ0n) is 16.2. The zero-order valence-corrected chi connectivity index (χ0v) is 16.2. The summed E-state index contributed by atoms with van der Waals surface area (Å²) in [5.74, 6) is -0.0433. The average molecular weight is 388 g/mol. The number of amides is 1. The third kappa shape index (κ3) is 3.57. The number of benzene rings is 2. The molecule has 0 fully saturated rings. The minimum absolute atomic E-state index is 0.0212. The second-order valence-electron chi connectivity index (χ2n) is 7.86. The lowest BCUT2D eigenvalue weighted by atomic mass is 9.93. The van der Waals surface area contributed by atoms with Crippen LogP contribution in [0, 0.1) is 0 Å². The molecule has 2 aromatic carbocycles. The van der Waals surface area contributed by atoms with Crippen molar-refractivity contribution in [1.29, 1.82) is 0 Å². The van der Waals surface area contributed by atoms with Crippen LogP contribution in [-0.2, 0) is 35.5 Å². The van der Waals surface area contributed by atoms with Crippen molar-refractivity contribution in [2.75, 3.05) is 6.61 Å². The van der Waals surface area contributed by atoms with Gasteiger partial charge >= 0.3 is 0 Å². The molecule has 0 saturated carbocycles. The highest BCUT2D eigenvalue weighted by Gasteiger charge is 2.32. The maximum absolute atomic E-state index is 13.2. The van der Waals surface area contributed by atoms with Crippen molar-refractivity contribution < 1.29 is 9.53 Å². The summed E-state index contributed by atoms with van der Waals surface area (Å²) in [4.78, 5) is 19.6. The Balaban J connectivity index is 1.50. The average Bonchev–Trinajstić information content (AvgIpc) is 3.21. The van der Waals surface area contributed by atoms with Gasteiger partial charge in [-0.2, -0.15) is 0 Å². The fourth-order valence-corrected chi connectivity index (χ4v) is 4.25. The Morgan fingerprint density at radius 1 is 1.07 bits per heavy atom. The van der Waals surface area contributed by atoms with E-state index in [1.807, 2.05) is 39.9 Å². The maximum Gasteiger partial charge on any atom is 0.240 e. The fourth-order valence-electron chi connectivity index (χ4n) is 4.25. The molecule has 3 aromatic rings. The molecule has 1 aromatic heterocycles. The normalized spacial score (nSPS) is 21.8. The van der Waals surface area contributed by atoms with Crippen LogP contribution in [0.25, 0.3) is 5.69 Å². The van der Waals surface area contributed by atoms with E-state index in [1.54, 1.807) is 6.33 Å². The number of carbonyl (C=O) groups excluding carboxylic acids is 1. The number of rotatable bonds is 0. The molecule has 0 radical (unpaired) electrons. The predicted octanol–water partition coefficient (Wildman–Crippen LogP) is 2.23. The Morgan fingerprint density at radius 3 is 2.83 bits per heavy atom. The van der Waals surface area contributed by atoms with E-state index in [9.17, 15) is 4.79 Å². The van der Waals surface area contributed by atoms with Gasteiger partial charge in [-0.25, -0.2) is 4.98 Å². The van der Waals surface area contributed by atoms with Gasteiger partial charge in [0.15, 0.2) is 0 Å². The van der Waals surface area contributed by atoms with Crippen molar-refractivity contribution in [3.05, 3.63) is 83.4 Å². The van der Waals surface area contributed by atoms with Crippen molar-refractivity contribution in [1.82, 2.24) is 14.5 Å². The number of fused-ring (bicyclic) bond motifs is 7. The van der Waals surface area contributed by atoms with E-state index in [0.29, 0.717) is 26.2 Å². The first-order valence-electron chi connectivity index (χ1n) is 10.00. The minimum atomic E-state index is -0.625. The minimum Gasteiger partial charge on any atom is -0.375 e. The van der Waals surface area contributed by atoms with Crippen LogP contribution in [0.5, 0.6) is 0 Å². The second kappa shape index (κ2) is 7.46. The Morgan fingerprint density at radius 2 is 1.93 bits per heavy atom. The summed E-state index contributed by atoms with van der Waals surface area (Å²) in [5, 5.41) is 0. The summed E-state index contributed by atoms with van der Waals surface area (Å²) in [6.45, 7) is 1.56. The van der Waals surface area contributed by atoms with Crippen molar-refractivity contribution in [3.63, 3.8) is 0 Å². The molecule has 148 valence electrons. The summed E-state index contributed by atoms with van der Waals surface area (Å²) in [6, 6.07) is 15.9. The smallest absolute Gasteiger partial charge is 0.240 e. The molecular formula is C23H24N4O2. The van der Waals surface area contributed by atoms with Crippen LogP contribution in [0.1, 0.15) is 22.4 Å². The molecule has 0 spiro atoms. The molecule has 2 aliphatic rings. The summed E-state index contributed by atoms with van der Waals surface area (Å²) in [6.07, 6.45) is 4.91. The van der Waals surface area contributed by atoms with Gasteiger partial charge in [0, 0.05) is 24.8 Å². The number of carbonyl (C=O) groups is 1. The number of hydrogen-bond acceptors (Lipinski definition) is 4. The predicted molar refractivity (Wildman–Crippen MR) is 109 cm³/mol. The zero-order chi connectivity index (χ0) is 19.8. The third-order valence-electron chi connectivity index (χ3n) is 5.81. The Bertz CT molecular complexity index is 1040. The molecule has 5 rings (SSSR count). The van der Waals surface area contributed by atoms with E-state index in [-0.39, 0.29) is 11.9 Å². The SMILES string of the molecule is N[C@H]1Cc2cn(cn2)-c2cccc(c2)COC[C@@H]2Cc3ccccc3CN2C1=O. The second-order valence-corrected chi connectivity index (χ2v) is 7.86. The molecular weight excluding hydrogens is 364 g/mol. The molecule has 29 heavy (non-hydrogen) atoms. The number of nitrogens with zero attached hydrogens (tertiary/aromatic N) is 3. The molecule has 3 heterocycles. The lowest BCUT2D eigenvalue weighted by Crippen LogP contribution is -2.53. The van der Waals surface area contributed by atoms with Gasteiger partial charge in [-0.05, 0) is 35.2 Å². The third-order valence-corrected chi connectivity index (χ3v) is 5.81. The van der Waals surface area contributed by atoms with Crippen molar-refractivity contribution in [3.8, 4) is 5.69 Å².